The first kappa shape index (κ1) is 16.4. The molecule has 1 fully saturated rings. The number of aromatic nitrogens is 4. The Kier molecular flexibility index (Phi) is 4.59. The first-order valence-electron chi connectivity index (χ1n) is 8.44. The van der Waals surface area contributed by atoms with E-state index in [-0.39, 0.29) is 11.7 Å². The van der Waals surface area contributed by atoms with Crippen LogP contribution in [0.2, 0.25) is 0 Å². The lowest BCUT2D eigenvalue weighted by Gasteiger charge is -2.13. The third kappa shape index (κ3) is 3.48. The minimum Gasteiger partial charge on any atom is -0.376 e. The fraction of sp³-hybridized carbons (Fsp3) is 0.389. The maximum atomic E-state index is 12.1. The number of nitrogens with one attached hydrogen (secondary N) is 1. The van der Waals surface area contributed by atoms with Crippen molar-refractivity contribution in [1.82, 2.24) is 19.5 Å². The van der Waals surface area contributed by atoms with Gasteiger partial charge >= 0.3 is 0 Å². The molecule has 1 unspecified atom stereocenters. The molecule has 1 aromatic carbocycles. The number of hydrogen-bond acceptors (Lipinski definition) is 5. The highest BCUT2D eigenvalue weighted by atomic mass is 32.2. The summed E-state index contributed by atoms with van der Waals surface area (Å²) in [6, 6.07) is 8.43. The summed E-state index contributed by atoms with van der Waals surface area (Å²) < 4.78 is 7.80. The molecule has 4 rings (SSSR count). The number of H-pyrrole nitrogens is 1. The van der Waals surface area contributed by atoms with Gasteiger partial charge in [0.05, 0.1) is 19.0 Å². The van der Waals surface area contributed by atoms with Gasteiger partial charge in [-0.05, 0) is 25.3 Å². The van der Waals surface area contributed by atoms with Crippen molar-refractivity contribution in [2.45, 2.75) is 43.3 Å². The second-order valence-corrected chi connectivity index (χ2v) is 7.26. The number of thioether (sulfide) groups is 1. The zero-order valence-electron chi connectivity index (χ0n) is 14.1. The van der Waals surface area contributed by atoms with Crippen molar-refractivity contribution >= 4 is 22.9 Å². The van der Waals surface area contributed by atoms with Crippen molar-refractivity contribution in [3.05, 3.63) is 52.1 Å². The molecular weight excluding hydrogens is 336 g/mol. The van der Waals surface area contributed by atoms with Crippen molar-refractivity contribution in [2.24, 2.45) is 0 Å². The molecule has 0 saturated carbocycles. The number of aryl methyl sites for hydroxylation is 1. The van der Waals surface area contributed by atoms with Crippen molar-refractivity contribution in [3.63, 3.8) is 0 Å². The molecule has 1 N–H and O–H groups in total. The van der Waals surface area contributed by atoms with Crippen molar-refractivity contribution in [2.75, 3.05) is 6.61 Å². The van der Waals surface area contributed by atoms with E-state index in [1.807, 2.05) is 4.57 Å². The van der Waals surface area contributed by atoms with Gasteiger partial charge in [0.25, 0.3) is 5.56 Å². The summed E-state index contributed by atoms with van der Waals surface area (Å²) in [5, 5.41) is 0.816. The average molecular weight is 356 g/mol. The van der Waals surface area contributed by atoms with Gasteiger partial charge in [0.2, 0.25) is 0 Å². The molecule has 7 heteroatoms. The third-order valence-electron chi connectivity index (χ3n) is 4.36. The zero-order chi connectivity index (χ0) is 17.2. The quantitative estimate of drug-likeness (QED) is 0.712. The molecule has 25 heavy (non-hydrogen) atoms. The zero-order valence-corrected chi connectivity index (χ0v) is 14.9. The van der Waals surface area contributed by atoms with Crippen LogP contribution >= 0.6 is 11.8 Å². The molecule has 1 aliphatic heterocycles. The van der Waals surface area contributed by atoms with E-state index in [0.717, 1.165) is 30.4 Å². The van der Waals surface area contributed by atoms with Gasteiger partial charge in [-0.2, -0.15) is 0 Å². The molecule has 130 valence electrons. The number of fused-ring (bicyclic) bond motifs is 1. The second kappa shape index (κ2) is 7.01. The van der Waals surface area contributed by atoms with Crippen LogP contribution in [0.3, 0.4) is 0 Å². The Hall–Kier alpha value is -2.12. The number of benzene rings is 1. The van der Waals surface area contributed by atoms with Gasteiger partial charge in [0, 0.05) is 12.4 Å². The van der Waals surface area contributed by atoms with Gasteiger partial charge < -0.3 is 14.3 Å². The highest BCUT2D eigenvalue weighted by Gasteiger charge is 2.21. The van der Waals surface area contributed by atoms with Gasteiger partial charge in [0.15, 0.2) is 16.3 Å². The normalized spacial score (nSPS) is 17.4. The van der Waals surface area contributed by atoms with Crippen LogP contribution in [-0.2, 0) is 17.0 Å². The van der Waals surface area contributed by atoms with E-state index < -0.39 is 0 Å². The summed E-state index contributed by atoms with van der Waals surface area (Å²) in [4.78, 5) is 23.6. The van der Waals surface area contributed by atoms with E-state index in [1.165, 1.54) is 17.5 Å². The minimum atomic E-state index is -0.200. The summed E-state index contributed by atoms with van der Waals surface area (Å²) in [5.41, 5.74) is 3.30. The van der Waals surface area contributed by atoms with E-state index in [2.05, 4.69) is 46.1 Å². The summed E-state index contributed by atoms with van der Waals surface area (Å²) >= 11 is 1.63. The SMILES string of the molecule is Cc1cccc(CSc2nc3c(=O)[nH]cnc3n2CC2CCCO2)c1. The summed E-state index contributed by atoms with van der Waals surface area (Å²) in [6.45, 7) is 3.57. The maximum Gasteiger partial charge on any atom is 0.278 e. The van der Waals surface area contributed by atoms with Crippen LogP contribution in [0.4, 0.5) is 0 Å². The van der Waals surface area contributed by atoms with E-state index in [9.17, 15) is 4.79 Å². The Morgan fingerprint density at radius 2 is 2.36 bits per heavy atom. The third-order valence-corrected chi connectivity index (χ3v) is 5.41. The Morgan fingerprint density at radius 3 is 3.16 bits per heavy atom. The fourth-order valence-corrected chi connectivity index (χ4v) is 4.09. The van der Waals surface area contributed by atoms with Crippen LogP contribution in [0.1, 0.15) is 24.0 Å². The largest absolute Gasteiger partial charge is 0.376 e. The average Bonchev–Trinajstić information content (AvgIpc) is 3.23. The number of hydrogen-bond donors (Lipinski definition) is 1. The highest BCUT2D eigenvalue weighted by Crippen LogP contribution is 2.27. The van der Waals surface area contributed by atoms with Gasteiger partial charge in [-0.25, -0.2) is 9.97 Å². The smallest absolute Gasteiger partial charge is 0.278 e. The molecule has 0 bridgehead atoms. The van der Waals surface area contributed by atoms with E-state index in [4.69, 9.17) is 4.74 Å². The Morgan fingerprint density at radius 1 is 1.44 bits per heavy atom. The first-order valence-corrected chi connectivity index (χ1v) is 9.43. The van der Waals surface area contributed by atoms with Crippen LogP contribution in [0, 0.1) is 6.92 Å². The molecule has 3 heterocycles. The van der Waals surface area contributed by atoms with E-state index in [0.29, 0.717) is 17.7 Å². The number of ether oxygens (including phenoxy) is 1. The van der Waals surface area contributed by atoms with Gasteiger partial charge in [-0.1, -0.05) is 41.6 Å². The molecule has 0 spiro atoms. The summed E-state index contributed by atoms with van der Waals surface area (Å²) in [7, 11) is 0. The molecule has 2 aromatic heterocycles. The van der Waals surface area contributed by atoms with Gasteiger partial charge in [-0.3, -0.25) is 4.79 Å². The second-order valence-electron chi connectivity index (χ2n) is 6.32. The van der Waals surface area contributed by atoms with Crippen molar-refractivity contribution < 1.29 is 4.74 Å². The minimum absolute atomic E-state index is 0.164. The lowest BCUT2D eigenvalue weighted by molar-refractivity contribution is 0.0958. The van der Waals surface area contributed by atoms with Crippen LogP contribution in [-0.4, -0.2) is 32.2 Å². The first-order chi connectivity index (χ1) is 12.2. The molecule has 1 atom stereocenters. The topological polar surface area (TPSA) is 72.8 Å². The molecular formula is C18H20N4O2S. The number of nitrogens with zero attached hydrogens (tertiary/aromatic N) is 3. The van der Waals surface area contributed by atoms with Gasteiger partial charge in [0.1, 0.15) is 0 Å². The fourth-order valence-electron chi connectivity index (χ4n) is 3.14. The number of imidazole rings is 1. The van der Waals surface area contributed by atoms with E-state index in [1.54, 1.807) is 11.8 Å². The lowest BCUT2D eigenvalue weighted by Crippen LogP contribution is -2.16. The molecule has 0 radical (unpaired) electrons. The van der Waals surface area contributed by atoms with E-state index >= 15 is 0 Å². The van der Waals surface area contributed by atoms with Crippen LogP contribution in [0.15, 0.2) is 40.5 Å². The predicted octanol–water partition coefficient (Wildman–Crippen LogP) is 2.90. The van der Waals surface area contributed by atoms with Gasteiger partial charge in [-0.15, -0.1) is 0 Å². The Bertz CT molecular complexity index is 944. The molecule has 1 saturated heterocycles. The highest BCUT2D eigenvalue weighted by molar-refractivity contribution is 7.98. The van der Waals surface area contributed by atoms with Crippen molar-refractivity contribution in [1.29, 1.82) is 0 Å². The van der Waals surface area contributed by atoms with Crippen LogP contribution < -0.4 is 5.56 Å². The number of aromatic amines is 1. The maximum absolute atomic E-state index is 12.1. The van der Waals surface area contributed by atoms with Crippen LogP contribution in [0.25, 0.3) is 11.2 Å². The molecule has 0 amide bonds. The Balaban J connectivity index is 1.66. The van der Waals surface area contributed by atoms with Crippen molar-refractivity contribution in [3.8, 4) is 0 Å². The van der Waals surface area contributed by atoms with Crippen LogP contribution in [0.5, 0.6) is 0 Å². The summed E-state index contributed by atoms with van der Waals surface area (Å²) in [6.07, 6.45) is 3.71. The molecule has 0 aliphatic carbocycles. The standard InChI is InChI=1S/C18H20N4O2S/c1-12-4-2-5-13(8-12)10-25-18-21-15-16(19-11-20-17(15)23)22(18)9-14-6-3-7-24-14/h2,4-5,8,11,14H,3,6-7,9-10H2,1H3,(H,19,20,23). The molecule has 3 aromatic rings. The lowest BCUT2D eigenvalue weighted by atomic mass is 10.2. The Labute approximate surface area is 149 Å². The molecule has 1 aliphatic rings. The summed E-state index contributed by atoms with van der Waals surface area (Å²) in [5.74, 6) is 0.800. The predicted molar refractivity (Wildman–Crippen MR) is 97.9 cm³/mol. The monoisotopic (exact) mass is 356 g/mol. The number of rotatable bonds is 5. The molecule has 6 nitrogen and oxygen atoms in total.